The van der Waals surface area contributed by atoms with Crippen LogP contribution in [-0.2, 0) is 0 Å². The van der Waals surface area contributed by atoms with Crippen molar-refractivity contribution in [2.75, 3.05) is 13.1 Å². The van der Waals surface area contributed by atoms with Gasteiger partial charge < -0.3 is 10.0 Å². The number of hydrogen-bond acceptors (Lipinski definition) is 6. The molecule has 8 nitrogen and oxygen atoms in total. The van der Waals surface area contributed by atoms with Crippen LogP contribution < -0.4 is 11.2 Å². The van der Waals surface area contributed by atoms with Crippen LogP contribution in [0.3, 0.4) is 0 Å². The van der Waals surface area contributed by atoms with E-state index in [9.17, 15) is 19.5 Å². The van der Waals surface area contributed by atoms with Gasteiger partial charge in [-0.1, -0.05) is 0 Å². The Morgan fingerprint density at radius 2 is 2.30 bits per heavy atom. The highest BCUT2D eigenvalue weighted by atomic mass is 32.1. The van der Waals surface area contributed by atoms with E-state index < -0.39 is 22.9 Å². The van der Waals surface area contributed by atoms with E-state index in [1.165, 1.54) is 34.4 Å². The second-order valence-corrected chi connectivity index (χ2v) is 6.66. The Hall–Kier alpha value is -2.26. The van der Waals surface area contributed by atoms with Gasteiger partial charge in [-0.3, -0.25) is 24.1 Å². The highest BCUT2D eigenvalue weighted by molar-refractivity contribution is 7.11. The summed E-state index contributed by atoms with van der Waals surface area (Å²) in [4.78, 5) is 43.6. The lowest BCUT2D eigenvalue weighted by Gasteiger charge is -2.43. The fourth-order valence-electron chi connectivity index (χ4n) is 2.92. The molecule has 0 spiro atoms. The van der Waals surface area contributed by atoms with Crippen molar-refractivity contribution in [3.05, 3.63) is 49.7 Å². The van der Waals surface area contributed by atoms with E-state index in [-0.39, 0.29) is 12.5 Å². The zero-order valence-corrected chi connectivity index (χ0v) is 13.2. The van der Waals surface area contributed by atoms with Gasteiger partial charge in [-0.25, -0.2) is 4.79 Å². The molecule has 2 atom stereocenters. The number of nitrogens with one attached hydrogen (secondary N) is 1. The van der Waals surface area contributed by atoms with Gasteiger partial charge in [0.2, 0.25) is 0 Å². The Kier molecular flexibility index (Phi) is 3.90. The number of aliphatic hydroxyl groups is 1. The van der Waals surface area contributed by atoms with Gasteiger partial charge in [0.25, 0.3) is 11.5 Å². The molecule has 0 saturated carbocycles. The van der Waals surface area contributed by atoms with Crippen molar-refractivity contribution in [1.29, 1.82) is 0 Å². The van der Waals surface area contributed by atoms with Crippen molar-refractivity contribution < 1.29 is 9.90 Å². The maximum absolute atomic E-state index is 12.4. The molecule has 0 bridgehead atoms. The summed E-state index contributed by atoms with van der Waals surface area (Å²) in [6, 6.07) is 0.726. The topological polar surface area (TPSA) is 108 Å². The molecule has 1 aliphatic heterocycles. The average Bonchev–Trinajstić information content (AvgIpc) is 3.01. The molecule has 0 unspecified atom stereocenters. The van der Waals surface area contributed by atoms with Crippen LogP contribution in [0, 0.1) is 0 Å². The molecule has 0 aromatic carbocycles. The molecule has 3 rings (SSSR count). The zero-order chi connectivity index (χ0) is 16.6. The van der Waals surface area contributed by atoms with E-state index in [0.29, 0.717) is 17.8 Å². The Labute approximate surface area is 135 Å². The molecule has 0 aliphatic carbocycles. The predicted molar refractivity (Wildman–Crippen MR) is 83.6 cm³/mol. The van der Waals surface area contributed by atoms with Crippen molar-refractivity contribution in [3.63, 3.8) is 0 Å². The van der Waals surface area contributed by atoms with Gasteiger partial charge in [0.1, 0.15) is 10.5 Å². The number of aromatic amines is 1. The average molecular weight is 336 g/mol. The van der Waals surface area contributed by atoms with Crippen LogP contribution in [0.1, 0.15) is 29.1 Å². The smallest absolute Gasteiger partial charge is 0.328 e. The second kappa shape index (κ2) is 5.74. The maximum atomic E-state index is 12.4. The molecular weight excluding hydrogens is 320 g/mol. The number of rotatable bonds is 2. The summed E-state index contributed by atoms with van der Waals surface area (Å²) in [7, 11) is 0. The van der Waals surface area contributed by atoms with Crippen LogP contribution in [0.15, 0.2) is 33.6 Å². The lowest BCUT2D eigenvalue weighted by Crippen LogP contribution is -2.56. The van der Waals surface area contributed by atoms with Crippen molar-refractivity contribution in [1.82, 2.24) is 19.4 Å². The molecule has 3 heterocycles. The Morgan fingerprint density at radius 3 is 2.91 bits per heavy atom. The summed E-state index contributed by atoms with van der Waals surface area (Å²) in [5.41, 5.74) is -0.757. The number of hydrogen-bond donors (Lipinski definition) is 2. The fourth-order valence-corrected chi connectivity index (χ4v) is 3.51. The molecule has 0 radical (unpaired) electrons. The number of piperidine rings is 1. The van der Waals surface area contributed by atoms with Gasteiger partial charge in [0.15, 0.2) is 0 Å². The number of aromatic nitrogens is 3. The summed E-state index contributed by atoms with van der Waals surface area (Å²) in [6.07, 6.45) is 3.28. The monoisotopic (exact) mass is 336 g/mol. The molecule has 9 heteroatoms. The fraction of sp³-hybridized carbons (Fsp3) is 0.429. The SMILES string of the molecule is C[C@@]1(O)CN(C(=O)c2cncs2)CC[C@H]1n1ccc(=O)[nH]c1=O. The highest BCUT2D eigenvalue weighted by Crippen LogP contribution is 2.31. The first-order valence-electron chi connectivity index (χ1n) is 7.10. The number of nitrogens with zero attached hydrogens (tertiary/aromatic N) is 3. The van der Waals surface area contributed by atoms with E-state index >= 15 is 0 Å². The van der Waals surface area contributed by atoms with Crippen molar-refractivity contribution >= 4 is 17.2 Å². The summed E-state index contributed by atoms with van der Waals surface area (Å²) in [5.74, 6) is -0.181. The molecule has 122 valence electrons. The quantitative estimate of drug-likeness (QED) is 0.792. The molecule has 1 amide bonds. The number of likely N-dealkylation sites (tertiary alicyclic amines) is 1. The molecule has 2 aromatic rings. The summed E-state index contributed by atoms with van der Waals surface area (Å²) in [5, 5.41) is 10.7. The van der Waals surface area contributed by atoms with Crippen molar-refractivity contribution in [3.8, 4) is 0 Å². The summed E-state index contributed by atoms with van der Waals surface area (Å²) < 4.78 is 1.32. The lowest BCUT2D eigenvalue weighted by molar-refractivity contribution is -0.0502. The number of thiazole rings is 1. The van der Waals surface area contributed by atoms with Crippen molar-refractivity contribution in [2.24, 2.45) is 0 Å². The van der Waals surface area contributed by atoms with Gasteiger partial charge in [-0.2, -0.15) is 0 Å². The van der Waals surface area contributed by atoms with Crippen LogP contribution in [0.4, 0.5) is 0 Å². The van der Waals surface area contributed by atoms with Gasteiger partial charge in [-0.15, -0.1) is 11.3 Å². The zero-order valence-electron chi connectivity index (χ0n) is 12.4. The highest BCUT2D eigenvalue weighted by Gasteiger charge is 2.41. The van der Waals surface area contributed by atoms with Crippen molar-refractivity contribution in [2.45, 2.75) is 25.0 Å². The van der Waals surface area contributed by atoms with Gasteiger partial charge in [0, 0.05) is 18.8 Å². The minimum atomic E-state index is -1.29. The van der Waals surface area contributed by atoms with E-state index in [2.05, 4.69) is 9.97 Å². The van der Waals surface area contributed by atoms with Crippen LogP contribution in [0.2, 0.25) is 0 Å². The first kappa shape index (κ1) is 15.6. The van der Waals surface area contributed by atoms with E-state index in [1.807, 2.05) is 0 Å². The number of carbonyl (C=O) groups is 1. The number of H-pyrrole nitrogens is 1. The van der Waals surface area contributed by atoms with Gasteiger partial charge in [0.05, 0.1) is 24.3 Å². The molecule has 23 heavy (non-hydrogen) atoms. The predicted octanol–water partition coefficient (Wildman–Crippen LogP) is -0.169. The van der Waals surface area contributed by atoms with E-state index in [1.54, 1.807) is 17.3 Å². The molecule has 1 aliphatic rings. The maximum Gasteiger partial charge on any atom is 0.328 e. The van der Waals surface area contributed by atoms with Crippen LogP contribution in [0.5, 0.6) is 0 Å². The standard InChI is InChI=1S/C14H16N4O4S/c1-14(22)7-17(12(20)9-6-15-8-23-9)4-2-10(14)18-5-3-11(19)16-13(18)21/h3,5-6,8,10,22H,2,4,7H2,1H3,(H,16,19,21)/t10-,14-/m1/s1. The second-order valence-electron chi connectivity index (χ2n) is 5.77. The first-order valence-corrected chi connectivity index (χ1v) is 7.98. The normalized spacial score (nSPS) is 24.6. The Morgan fingerprint density at radius 1 is 1.52 bits per heavy atom. The third-order valence-corrected chi connectivity index (χ3v) is 4.78. The number of carbonyl (C=O) groups excluding carboxylic acids is 1. The summed E-state index contributed by atoms with van der Waals surface area (Å²) in [6.45, 7) is 2.09. The minimum Gasteiger partial charge on any atom is -0.386 e. The molecular formula is C14H16N4O4S. The minimum absolute atomic E-state index is 0.0972. The molecule has 2 aromatic heterocycles. The van der Waals surface area contributed by atoms with E-state index in [0.717, 1.165) is 0 Å². The third kappa shape index (κ3) is 2.97. The molecule has 1 fully saturated rings. The van der Waals surface area contributed by atoms with Gasteiger partial charge in [-0.05, 0) is 13.3 Å². The molecule has 1 saturated heterocycles. The largest absolute Gasteiger partial charge is 0.386 e. The third-order valence-electron chi connectivity index (χ3n) is 4.02. The Bertz CT molecular complexity index is 824. The number of amides is 1. The first-order chi connectivity index (χ1) is 10.9. The lowest BCUT2D eigenvalue weighted by atomic mass is 9.88. The summed E-state index contributed by atoms with van der Waals surface area (Å²) >= 11 is 1.25. The van der Waals surface area contributed by atoms with Crippen LogP contribution >= 0.6 is 11.3 Å². The Balaban J connectivity index is 1.84. The van der Waals surface area contributed by atoms with Crippen LogP contribution in [0.25, 0.3) is 0 Å². The van der Waals surface area contributed by atoms with E-state index in [4.69, 9.17) is 0 Å². The van der Waals surface area contributed by atoms with Crippen LogP contribution in [-0.4, -0.2) is 49.1 Å². The number of β-amino-alcohol motifs (C(OH)–C–C–N with tert-alkyl or cyclic N) is 1. The molecule has 2 N–H and O–H groups in total. The van der Waals surface area contributed by atoms with Gasteiger partial charge >= 0.3 is 5.69 Å².